The smallest absolute Gasteiger partial charge is 0.323 e. The Morgan fingerprint density at radius 2 is 1.75 bits per heavy atom. The number of rotatable bonds is 5. The normalized spacial score (nSPS) is 13.3. The number of aryl methyl sites for hydroxylation is 1. The first-order valence-electron chi connectivity index (χ1n) is 11.1. The van der Waals surface area contributed by atoms with Crippen LogP contribution >= 0.6 is 23.2 Å². The summed E-state index contributed by atoms with van der Waals surface area (Å²) >= 11 is 12.2. The highest BCUT2D eigenvalue weighted by Crippen LogP contribution is 2.36. The maximum atomic E-state index is 12.5. The second-order valence-electron chi connectivity index (χ2n) is 8.23. The van der Waals surface area contributed by atoms with Gasteiger partial charge in [-0.15, -0.1) is 0 Å². The summed E-state index contributed by atoms with van der Waals surface area (Å²) in [5.41, 5.74) is 6.61. The van der Waals surface area contributed by atoms with Crippen LogP contribution in [0.2, 0.25) is 10.0 Å². The first kappa shape index (κ1) is 23.5. The van der Waals surface area contributed by atoms with E-state index in [-0.39, 0.29) is 10.9 Å². The molecule has 180 valence electrons. The van der Waals surface area contributed by atoms with Crippen molar-refractivity contribution in [2.75, 3.05) is 21.3 Å². The number of hydrogen-bond acceptors (Lipinski definition) is 3. The van der Waals surface area contributed by atoms with Gasteiger partial charge in [-0.3, -0.25) is 4.79 Å². The molecule has 5 rings (SSSR count). The number of fused-ring (bicyclic) bond motifs is 1. The van der Waals surface area contributed by atoms with Crippen molar-refractivity contribution in [2.45, 2.75) is 6.92 Å². The van der Waals surface area contributed by atoms with Gasteiger partial charge in [0.25, 0.3) is 5.91 Å². The molecule has 0 saturated carbocycles. The van der Waals surface area contributed by atoms with Crippen molar-refractivity contribution in [1.82, 2.24) is 4.98 Å². The molecular weight excluding hydrogens is 497 g/mol. The van der Waals surface area contributed by atoms with Gasteiger partial charge in [0.1, 0.15) is 0 Å². The van der Waals surface area contributed by atoms with Crippen LogP contribution < -0.4 is 21.3 Å². The summed E-state index contributed by atoms with van der Waals surface area (Å²) in [6.07, 6.45) is 3.64. The van der Waals surface area contributed by atoms with Gasteiger partial charge < -0.3 is 26.3 Å². The van der Waals surface area contributed by atoms with E-state index in [4.69, 9.17) is 23.2 Å². The molecule has 1 aliphatic rings. The molecule has 0 saturated heterocycles. The van der Waals surface area contributed by atoms with Gasteiger partial charge in [-0.1, -0.05) is 41.4 Å². The lowest BCUT2D eigenvalue weighted by molar-refractivity contribution is -0.110. The van der Waals surface area contributed by atoms with Crippen LogP contribution in [0.3, 0.4) is 0 Å². The van der Waals surface area contributed by atoms with Crippen LogP contribution in [-0.2, 0) is 4.79 Å². The van der Waals surface area contributed by atoms with E-state index in [0.29, 0.717) is 22.0 Å². The summed E-state index contributed by atoms with van der Waals surface area (Å²) in [6.45, 7) is 1.96. The van der Waals surface area contributed by atoms with Gasteiger partial charge in [-0.25, -0.2) is 4.79 Å². The van der Waals surface area contributed by atoms with Crippen molar-refractivity contribution in [2.24, 2.45) is 0 Å². The minimum Gasteiger partial charge on any atom is -0.362 e. The van der Waals surface area contributed by atoms with Gasteiger partial charge in [-0.2, -0.15) is 0 Å². The summed E-state index contributed by atoms with van der Waals surface area (Å²) in [5.74, 6) is -0.148. The zero-order valence-electron chi connectivity index (χ0n) is 19.1. The van der Waals surface area contributed by atoms with Crippen molar-refractivity contribution in [3.63, 3.8) is 0 Å². The number of halogens is 2. The second-order valence-corrected chi connectivity index (χ2v) is 9.02. The average Bonchev–Trinajstić information content (AvgIpc) is 3.47. The largest absolute Gasteiger partial charge is 0.362 e. The Morgan fingerprint density at radius 3 is 2.56 bits per heavy atom. The standard InChI is InChI=1S/C27H21Cl2N5O2/c1-15-7-8-18(32-27(36)34-22-6-2-5-21(28)25(22)29)13-23(15)31-17-9-10-19-20(12-16-4-3-11-30-16)26(35)33-24(19)14-17/h2-14,30-31H,1H3,(H,33,35)(H2,32,34,36). The molecule has 0 radical (unpaired) electrons. The summed E-state index contributed by atoms with van der Waals surface area (Å²) in [7, 11) is 0. The van der Waals surface area contributed by atoms with Crippen molar-refractivity contribution in [1.29, 1.82) is 0 Å². The molecule has 36 heavy (non-hydrogen) atoms. The second kappa shape index (κ2) is 9.81. The molecule has 0 atom stereocenters. The summed E-state index contributed by atoms with van der Waals surface area (Å²) in [4.78, 5) is 28.1. The monoisotopic (exact) mass is 517 g/mol. The Bertz CT molecular complexity index is 1510. The van der Waals surface area contributed by atoms with E-state index in [1.165, 1.54) is 0 Å². The van der Waals surface area contributed by atoms with E-state index >= 15 is 0 Å². The third-order valence-electron chi connectivity index (χ3n) is 5.70. The van der Waals surface area contributed by atoms with Gasteiger partial charge in [0.05, 0.1) is 27.0 Å². The lowest BCUT2D eigenvalue weighted by atomic mass is 10.1. The Morgan fingerprint density at radius 1 is 0.917 bits per heavy atom. The minimum atomic E-state index is -0.449. The molecule has 3 aromatic carbocycles. The van der Waals surface area contributed by atoms with Crippen LogP contribution in [0.15, 0.2) is 72.9 Å². The van der Waals surface area contributed by atoms with E-state index in [2.05, 4.69) is 26.3 Å². The fraction of sp³-hybridized carbons (Fsp3) is 0.0370. The van der Waals surface area contributed by atoms with Crippen LogP contribution in [0.1, 0.15) is 16.8 Å². The van der Waals surface area contributed by atoms with Gasteiger partial charge in [0.15, 0.2) is 0 Å². The van der Waals surface area contributed by atoms with E-state index < -0.39 is 6.03 Å². The van der Waals surface area contributed by atoms with E-state index in [0.717, 1.165) is 33.9 Å². The topological polar surface area (TPSA) is 98.0 Å². The molecule has 4 aromatic rings. The van der Waals surface area contributed by atoms with Crippen LogP contribution in [0.4, 0.5) is 33.2 Å². The fourth-order valence-corrected chi connectivity index (χ4v) is 4.23. The summed E-state index contributed by atoms with van der Waals surface area (Å²) in [6, 6.07) is 19.6. The molecule has 9 heteroatoms. The Kier molecular flexibility index (Phi) is 6.41. The number of carbonyl (C=O) groups excluding carboxylic acids is 2. The average molecular weight is 518 g/mol. The molecule has 1 aromatic heterocycles. The molecule has 3 amide bonds. The number of nitrogens with one attached hydrogen (secondary N) is 5. The van der Waals surface area contributed by atoms with Crippen LogP contribution in [0.5, 0.6) is 0 Å². The van der Waals surface area contributed by atoms with Crippen LogP contribution in [-0.4, -0.2) is 16.9 Å². The molecule has 0 unspecified atom stereocenters. The SMILES string of the molecule is Cc1ccc(NC(=O)Nc2cccc(Cl)c2Cl)cc1Nc1ccc2c(c1)NC(=O)C2=Cc1ccc[nH]1. The molecule has 0 spiro atoms. The Balaban J connectivity index is 1.32. The number of benzene rings is 3. The Hall–Kier alpha value is -4.20. The number of urea groups is 1. The number of hydrogen-bond donors (Lipinski definition) is 5. The van der Waals surface area contributed by atoms with Crippen molar-refractivity contribution < 1.29 is 9.59 Å². The molecular formula is C27H21Cl2N5O2. The maximum Gasteiger partial charge on any atom is 0.323 e. The minimum absolute atomic E-state index is 0.148. The molecule has 1 aliphatic heterocycles. The highest BCUT2D eigenvalue weighted by molar-refractivity contribution is 6.44. The number of H-pyrrole nitrogens is 1. The van der Waals surface area contributed by atoms with Gasteiger partial charge in [0, 0.05) is 34.5 Å². The fourth-order valence-electron chi connectivity index (χ4n) is 3.88. The van der Waals surface area contributed by atoms with Crippen molar-refractivity contribution >= 4 is 75.2 Å². The number of carbonyl (C=O) groups is 2. The molecule has 0 aliphatic carbocycles. The van der Waals surface area contributed by atoms with E-state index in [1.807, 2.05) is 61.7 Å². The lowest BCUT2D eigenvalue weighted by Crippen LogP contribution is -2.19. The molecule has 0 bridgehead atoms. The maximum absolute atomic E-state index is 12.5. The predicted octanol–water partition coefficient (Wildman–Crippen LogP) is 7.51. The van der Waals surface area contributed by atoms with Gasteiger partial charge in [-0.05, 0) is 67.1 Å². The number of aromatic nitrogens is 1. The third kappa shape index (κ3) is 4.93. The first-order chi connectivity index (χ1) is 17.4. The van der Waals surface area contributed by atoms with E-state index in [1.54, 1.807) is 24.3 Å². The Labute approximate surface area is 217 Å². The number of anilines is 5. The van der Waals surface area contributed by atoms with E-state index in [9.17, 15) is 9.59 Å². The molecule has 5 N–H and O–H groups in total. The highest BCUT2D eigenvalue weighted by atomic mass is 35.5. The van der Waals surface area contributed by atoms with Crippen LogP contribution in [0, 0.1) is 6.92 Å². The third-order valence-corrected chi connectivity index (χ3v) is 6.52. The van der Waals surface area contributed by atoms with Crippen molar-refractivity contribution in [3.05, 3.63) is 99.8 Å². The predicted molar refractivity (Wildman–Crippen MR) is 147 cm³/mol. The van der Waals surface area contributed by atoms with Gasteiger partial charge in [0.2, 0.25) is 0 Å². The molecule has 0 fully saturated rings. The zero-order chi connectivity index (χ0) is 25.2. The van der Waals surface area contributed by atoms with Gasteiger partial charge >= 0.3 is 6.03 Å². The van der Waals surface area contributed by atoms with Crippen molar-refractivity contribution in [3.8, 4) is 0 Å². The molecule has 7 nitrogen and oxygen atoms in total. The first-order valence-corrected chi connectivity index (χ1v) is 11.8. The van der Waals surface area contributed by atoms with Crippen LogP contribution in [0.25, 0.3) is 11.6 Å². The zero-order valence-corrected chi connectivity index (χ0v) is 20.6. The number of amides is 3. The quantitative estimate of drug-likeness (QED) is 0.177. The lowest BCUT2D eigenvalue weighted by Gasteiger charge is -2.14. The summed E-state index contributed by atoms with van der Waals surface area (Å²) < 4.78 is 0. The molecule has 2 heterocycles. The highest BCUT2D eigenvalue weighted by Gasteiger charge is 2.24. The number of aromatic amines is 1. The summed E-state index contributed by atoms with van der Waals surface area (Å²) in [5, 5.41) is 12.4.